The monoisotopic (exact) mass is 526 g/mol. The Labute approximate surface area is 229 Å². The molecule has 220 valence electrons. The first kappa shape index (κ1) is 36.0. The lowest BCUT2D eigenvalue weighted by molar-refractivity contribution is -0.121. The summed E-state index contributed by atoms with van der Waals surface area (Å²) in [5, 5.41) is 22.0. The Morgan fingerprint density at radius 2 is 1.35 bits per heavy atom. The molecule has 0 spiro atoms. The van der Waals surface area contributed by atoms with Crippen LogP contribution in [0.15, 0.2) is 12.2 Å². The van der Waals surface area contributed by atoms with Crippen molar-refractivity contribution in [2.45, 2.75) is 136 Å². The fraction of sp³-hybridized carbons (Fsp3) is 0.903. The minimum atomic E-state index is -0.725. The van der Waals surface area contributed by atoms with Gasteiger partial charge in [0.25, 0.3) is 0 Å². The topological polar surface area (TPSA) is 82.0 Å². The van der Waals surface area contributed by atoms with Gasteiger partial charge in [-0.05, 0) is 57.9 Å². The Bertz CT molecular complexity index is 502. The third-order valence-electron chi connectivity index (χ3n) is 6.72. The molecule has 6 heteroatoms. The van der Waals surface area contributed by atoms with Crippen molar-refractivity contribution in [2.24, 2.45) is 0 Å². The molecular formula is C31H62N2O4. The number of carbonyl (C=O) groups excluding carboxylic acids is 1. The van der Waals surface area contributed by atoms with E-state index in [1.807, 2.05) is 0 Å². The van der Waals surface area contributed by atoms with Crippen LogP contribution >= 0.6 is 0 Å². The third kappa shape index (κ3) is 27.9. The summed E-state index contributed by atoms with van der Waals surface area (Å²) >= 11 is 0. The van der Waals surface area contributed by atoms with Crippen LogP contribution in [0.25, 0.3) is 0 Å². The van der Waals surface area contributed by atoms with E-state index in [9.17, 15) is 9.90 Å². The highest BCUT2D eigenvalue weighted by atomic mass is 16.5. The Hall–Kier alpha value is -0.950. The highest BCUT2D eigenvalue weighted by molar-refractivity contribution is 5.75. The van der Waals surface area contributed by atoms with E-state index in [-0.39, 0.29) is 12.5 Å². The van der Waals surface area contributed by atoms with E-state index in [0.29, 0.717) is 19.5 Å². The highest BCUT2D eigenvalue weighted by Crippen LogP contribution is 2.10. The Morgan fingerprint density at radius 1 is 0.784 bits per heavy atom. The maximum absolute atomic E-state index is 12.1. The van der Waals surface area contributed by atoms with Gasteiger partial charge < -0.3 is 25.2 Å². The van der Waals surface area contributed by atoms with E-state index in [4.69, 9.17) is 9.84 Å². The quantitative estimate of drug-likeness (QED) is 0.0777. The molecule has 6 nitrogen and oxygen atoms in total. The molecule has 0 radical (unpaired) electrons. The van der Waals surface area contributed by atoms with Gasteiger partial charge in [0.1, 0.15) is 0 Å². The average Bonchev–Trinajstić information content (AvgIpc) is 2.90. The van der Waals surface area contributed by atoms with Gasteiger partial charge in [-0.15, -0.1) is 0 Å². The maximum atomic E-state index is 12.1. The van der Waals surface area contributed by atoms with Crippen molar-refractivity contribution in [2.75, 3.05) is 46.0 Å². The predicted molar refractivity (Wildman–Crippen MR) is 157 cm³/mol. The summed E-state index contributed by atoms with van der Waals surface area (Å²) in [5.41, 5.74) is 0. The van der Waals surface area contributed by atoms with E-state index >= 15 is 0 Å². The largest absolute Gasteiger partial charge is 0.394 e. The molecule has 0 aliphatic heterocycles. The molecule has 0 bridgehead atoms. The lowest BCUT2D eigenvalue weighted by Gasteiger charge is -2.24. The molecule has 0 aliphatic rings. The third-order valence-corrected chi connectivity index (χ3v) is 6.72. The minimum Gasteiger partial charge on any atom is -0.394 e. The van der Waals surface area contributed by atoms with Crippen LogP contribution < -0.4 is 5.32 Å². The fourth-order valence-electron chi connectivity index (χ4n) is 4.36. The fourth-order valence-corrected chi connectivity index (χ4v) is 4.36. The van der Waals surface area contributed by atoms with Gasteiger partial charge in [0, 0.05) is 39.3 Å². The number of hydrogen-bond acceptors (Lipinski definition) is 5. The maximum Gasteiger partial charge on any atom is 0.219 e. The first-order valence-electron chi connectivity index (χ1n) is 15.6. The van der Waals surface area contributed by atoms with E-state index in [2.05, 4.69) is 36.2 Å². The number of hydrogen-bond donors (Lipinski definition) is 3. The Kier molecular flexibility index (Phi) is 28.8. The zero-order chi connectivity index (χ0) is 27.2. The van der Waals surface area contributed by atoms with Crippen LogP contribution in [-0.2, 0) is 9.53 Å². The normalized spacial score (nSPS) is 12.6. The van der Waals surface area contributed by atoms with Crippen molar-refractivity contribution in [1.29, 1.82) is 0 Å². The number of aliphatic hydroxyl groups excluding tert-OH is 2. The summed E-state index contributed by atoms with van der Waals surface area (Å²) in [6.07, 6.45) is 25.0. The molecule has 0 saturated carbocycles. The van der Waals surface area contributed by atoms with Crippen molar-refractivity contribution in [3.8, 4) is 0 Å². The SMILES string of the molecule is CCCCCCCC/C=C\CCCCCCCC(=O)NCCCN(CCCOCCCC)CC(O)CO. The lowest BCUT2D eigenvalue weighted by Crippen LogP contribution is -2.37. The molecule has 37 heavy (non-hydrogen) atoms. The van der Waals surface area contributed by atoms with Crippen LogP contribution in [-0.4, -0.2) is 73.1 Å². The van der Waals surface area contributed by atoms with Gasteiger partial charge in [0.2, 0.25) is 5.91 Å². The van der Waals surface area contributed by atoms with E-state index in [0.717, 1.165) is 64.8 Å². The number of aliphatic hydroxyl groups is 2. The Balaban J connectivity index is 3.65. The standard InChI is InChI=1S/C31H62N2O4/c1-3-5-7-8-9-10-11-12-13-14-15-16-17-18-19-22-31(36)32-23-20-24-33(28-30(35)29-34)25-21-27-37-26-6-4-2/h12-13,30,34-35H,3-11,14-29H2,1-2H3,(H,32,36)/b13-12-. The molecular weight excluding hydrogens is 464 g/mol. The summed E-state index contributed by atoms with van der Waals surface area (Å²) in [5.74, 6) is 0.142. The number of allylic oxidation sites excluding steroid dienone is 2. The van der Waals surface area contributed by atoms with Crippen molar-refractivity contribution in [3.63, 3.8) is 0 Å². The van der Waals surface area contributed by atoms with Crippen LogP contribution in [0.3, 0.4) is 0 Å². The molecule has 0 saturated heterocycles. The second-order valence-electron chi connectivity index (χ2n) is 10.5. The van der Waals surface area contributed by atoms with Gasteiger partial charge in [-0.2, -0.15) is 0 Å². The van der Waals surface area contributed by atoms with Crippen molar-refractivity contribution >= 4 is 5.91 Å². The summed E-state index contributed by atoms with van der Waals surface area (Å²) < 4.78 is 5.62. The molecule has 3 N–H and O–H groups in total. The van der Waals surface area contributed by atoms with Crippen LogP contribution in [0.5, 0.6) is 0 Å². The first-order chi connectivity index (χ1) is 18.1. The van der Waals surface area contributed by atoms with E-state index in [1.165, 1.54) is 70.6 Å². The molecule has 1 amide bonds. The molecule has 1 unspecified atom stereocenters. The molecule has 0 aromatic carbocycles. The summed E-state index contributed by atoms with van der Waals surface area (Å²) in [6.45, 7) is 8.44. The molecule has 1 atom stereocenters. The Morgan fingerprint density at radius 3 is 2.00 bits per heavy atom. The average molecular weight is 527 g/mol. The van der Waals surface area contributed by atoms with Crippen LogP contribution in [0, 0.1) is 0 Å². The van der Waals surface area contributed by atoms with Gasteiger partial charge >= 0.3 is 0 Å². The van der Waals surface area contributed by atoms with E-state index < -0.39 is 6.10 Å². The first-order valence-corrected chi connectivity index (χ1v) is 15.6. The number of carbonyl (C=O) groups is 1. The molecule has 0 aromatic heterocycles. The van der Waals surface area contributed by atoms with Gasteiger partial charge in [-0.25, -0.2) is 0 Å². The minimum absolute atomic E-state index is 0.142. The summed E-state index contributed by atoms with van der Waals surface area (Å²) in [4.78, 5) is 14.3. The van der Waals surface area contributed by atoms with Crippen molar-refractivity contribution < 1.29 is 19.7 Å². The second-order valence-corrected chi connectivity index (χ2v) is 10.5. The lowest BCUT2D eigenvalue weighted by atomic mass is 10.1. The molecule has 0 aromatic rings. The number of rotatable bonds is 29. The molecule has 0 heterocycles. The zero-order valence-corrected chi connectivity index (χ0v) is 24.6. The predicted octanol–water partition coefficient (Wildman–Crippen LogP) is 6.39. The van der Waals surface area contributed by atoms with Gasteiger partial charge in [-0.1, -0.05) is 83.8 Å². The number of nitrogens with one attached hydrogen (secondary N) is 1. The summed E-state index contributed by atoms with van der Waals surface area (Å²) in [6, 6.07) is 0. The molecule has 0 aliphatic carbocycles. The number of nitrogens with zero attached hydrogens (tertiary/aromatic N) is 1. The zero-order valence-electron chi connectivity index (χ0n) is 24.6. The number of amides is 1. The van der Waals surface area contributed by atoms with Gasteiger partial charge in [0.05, 0.1) is 12.7 Å². The van der Waals surface area contributed by atoms with Gasteiger partial charge in [0.15, 0.2) is 0 Å². The highest BCUT2D eigenvalue weighted by Gasteiger charge is 2.11. The smallest absolute Gasteiger partial charge is 0.219 e. The van der Waals surface area contributed by atoms with Gasteiger partial charge in [-0.3, -0.25) is 4.79 Å². The van der Waals surface area contributed by atoms with Crippen LogP contribution in [0.4, 0.5) is 0 Å². The van der Waals surface area contributed by atoms with Crippen LogP contribution in [0.2, 0.25) is 0 Å². The molecule has 0 fully saturated rings. The number of unbranched alkanes of at least 4 members (excludes halogenated alkanes) is 12. The summed E-state index contributed by atoms with van der Waals surface area (Å²) in [7, 11) is 0. The molecule has 0 rings (SSSR count). The second kappa shape index (κ2) is 29.6. The van der Waals surface area contributed by atoms with Crippen LogP contribution in [0.1, 0.15) is 129 Å². The van der Waals surface area contributed by atoms with Crippen molar-refractivity contribution in [1.82, 2.24) is 10.2 Å². The van der Waals surface area contributed by atoms with E-state index in [1.54, 1.807) is 0 Å². The number of ether oxygens (including phenoxy) is 1. The van der Waals surface area contributed by atoms with Crippen molar-refractivity contribution in [3.05, 3.63) is 12.2 Å².